The molecule has 0 fully saturated rings. The lowest BCUT2D eigenvalue weighted by atomic mass is 9.92. The summed E-state index contributed by atoms with van der Waals surface area (Å²) in [6, 6.07) is 13.2. The molecule has 0 saturated carbocycles. The number of benzene rings is 2. The molecule has 1 heterocycles. The van der Waals surface area contributed by atoms with Crippen LogP contribution in [0, 0.1) is 5.92 Å². The molecule has 0 N–H and O–H groups in total. The zero-order chi connectivity index (χ0) is 22.8. The summed E-state index contributed by atoms with van der Waals surface area (Å²) >= 11 is 6.29. The normalized spacial score (nSPS) is 14.9. The topological polar surface area (TPSA) is 56.5 Å². The summed E-state index contributed by atoms with van der Waals surface area (Å²) < 4.78 is 12.7. The predicted octanol–water partition coefficient (Wildman–Crippen LogP) is 4.49. The van der Waals surface area contributed by atoms with E-state index in [4.69, 9.17) is 21.1 Å². The van der Waals surface area contributed by atoms with Gasteiger partial charge in [0.1, 0.15) is 0 Å². The minimum Gasteiger partial charge on any atom is -0.493 e. The van der Waals surface area contributed by atoms with E-state index in [-0.39, 0.29) is 17.5 Å². The van der Waals surface area contributed by atoms with Crippen LogP contribution in [0.5, 0.6) is 11.5 Å². The van der Waals surface area contributed by atoms with Crippen molar-refractivity contribution in [1.82, 2.24) is 0 Å². The van der Waals surface area contributed by atoms with Crippen molar-refractivity contribution in [2.24, 2.45) is 5.92 Å². The number of halogens is 1. The molecular formula is C26H25ClNO4+. The number of pyridine rings is 1. The fraction of sp³-hybridized carbons (Fsp3) is 0.269. The van der Waals surface area contributed by atoms with Crippen LogP contribution in [0.2, 0.25) is 5.02 Å². The van der Waals surface area contributed by atoms with Crippen LogP contribution in [-0.4, -0.2) is 25.8 Å². The van der Waals surface area contributed by atoms with E-state index in [1.165, 1.54) is 0 Å². The second-order valence-electron chi connectivity index (χ2n) is 8.04. The smallest absolute Gasteiger partial charge is 0.180 e. The van der Waals surface area contributed by atoms with Crippen LogP contribution >= 0.6 is 11.6 Å². The molecule has 6 heteroatoms. The largest absolute Gasteiger partial charge is 0.493 e. The van der Waals surface area contributed by atoms with Crippen LogP contribution in [0.4, 0.5) is 0 Å². The van der Waals surface area contributed by atoms with E-state index in [0.717, 1.165) is 16.7 Å². The Bertz CT molecular complexity index is 1200. The van der Waals surface area contributed by atoms with E-state index in [9.17, 15) is 9.59 Å². The third kappa shape index (κ3) is 4.26. The molecule has 32 heavy (non-hydrogen) atoms. The Kier molecular flexibility index (Phi) is 6.28. The molecule has 1 unspecified atom stereocenters. The van der Waals surface area contributed by atoms with Crippen LogP contribution in [0.15, 0.2) is 54.9 Å². The molecule has 2 aromatic carbocycles. The maximum absolute atomic E-state index is 13.1. The average molecular weight is 451 g/mol. The van der Waals surface area contributed by atoms with Gasteiger partial charge < -0.3 is 9.47 Å². The molecule has 5 nitrogen and oxygen atoms in total. The molecule has 1 atom stereocenters. The highest BCUT2D eigenvalue weighted by molar-refractivity contribution is 6.31. The second kappa shape index (κ2) is 9.13. The van der Waals surface area contributed by atoms with Gasteiger partial charge in [0.05, 0.1) is 24.8 Å². The summed E-state index contributed by atoms with van der Waals surface area (Å²) in [7, 11) is 3.14. The standard InChI is InChI=1S/C26H25ClNO4/c1-16(29)22-15-28(14-18-6-4-5-7-23(18)27)9-8-17(22)10-20-11-19-12-24(31-2)25(32-3)13-21(19)26(20)30/h4-9,12-13,15,20H,10-11,14H2,1-3H3/q+1. The Morgan fingerprint density at radius 2 is 1.81 bits per heavy atom. The second-order valence-corrected chi connectivity index (χ2v) is 8.44. The number of carbonyl (C=O) groups is 2. The van der Waals surface area contributed by atoms with Crippen molar-refractivity contribution in [3.63, 3.8) is 0 Å². The molecule has 164 valence electrons. The van der Waals surface area contributed by atoms with E-state index in [0.29, 0.717) is 47.0 Å². The van der Waals surface area contributed by atoms with Crippen molar-refractivity contribution in [1.29, 1.82) is 0 Å². The number of aromatic nitrogens is 1. The molecule has 1 aromatic heterocycles. The van der Waals surface area contributed by atoms with E-state index in [1.54, 1.807) is 27.2 Å². The van der Waals surface area contributed by atoms with Gasteiger partial charge in [0.25, 0.3) is 0 Å². The molecular weight excluding hydrogens is 426 g/mol. The first-order chi connectivity index (χ1) is 15.4. The van der Waals surface area contributed by atoms with Crippen molar-refractivity contribution < 1.29 is 23.6 Å². The Labute approximate surface area is 192 Å². The SMILES string of the molecule is COc1cc2c(cc1OC)C(=O)C(Cc1cc[n+](Cc3ccccc3Cl)cc1C(C)=O)C2. The van der Waals surface area contributed by atoms with E-state index < -0.39 is 0 Å². The lowest BCUT2D eigenvalue weighted by Crippen LogP contribution is -2.35. The number of fused-ring (bicyclic) bond motifs is 1. The van der Waals surface area contributed by atoms with Crippen molar-refractivity contribution in [3.8, 4) is 11.5 Å². The zero-order valence-electron chi connectivity index (χ0n) is 18.4. The van der Waals surface area contributed by atoms with Gasteiger partial charge in [-0.05, 0) is 49.1 Å². The number of carbonyl (C=O) groups excluding carboxylic acids is 2. The minimum atomic E-state index is -0.223. The van der Waals surface area contributed by atoms with Gasteiger partial charge in [-0.1, -0.05) is 29.8 Å². The van der Waals surface area contributed by atoms with Gasteiger partial charge in [-0.15, -0.1) is 0 Å². The molecule has 1 aliphatic rings. The van der Waals surface area contributed by atoms with E-state index >= 15 is 0 Å². The lowest BCUT2D eigenvalue weighted by Gasteiger charge is -2.11. The van der Waals surface area contributed by atoms with Gasteiger partial charge in [-0.25, -0.2) is 0 Å². The predicted molar refractivity (Wildman–Crippen MR) is 122 cm³/mol. The zero-order valence-corrected chi connectivity index (χ0v) is 19.1. The highest BCUT2D eigenvalue weighted by Crippen LogP contribution is 2.37. The summed E-state index contributed by atoms with van der Waals surface area (Å²) in [5.41, 5.74) is 4.09. The molecule has 4 rings (SSSR count). The molecule has 0 bridgehead atoms. The summed E-state index contributed by atoms with van der Waals surface area (Å²) in [6.45, 7) is 2.12. The third-order valence-electron chi connectivity index (χ3n) is 5.98. The fourth-order valence-corrected chi connectivity index (χ4v) is 4.51. The van der Waals surface area contributed by atoms with Crippen LogP contribution < -0.4 is 14.0 Å². The fourth-order valence-electron chi connectivity index (χ4n) is 4.31. The first-order valence-electron chi connectivity index (χ1n) is 10.5. The number of ketones is 2. The Morgan fingerprint density at radius 1 is 1.09 bits per heavy atom. The molecule has 0 saturated heterocycles. The quantitative estimate of drug-likeness (QED) is 0.393. The molecule has 0 aliphatic heterocycles. The highest BCUT2D eigenvalue weighted by atomic mass is 35.5. The minimum absolute atomic E-state index is 0.0280. The van der Waals surface area contributed by atoms with Gasteiger partial charge in [0, 0.05) is 23.1 Å². The number of nitrogens with zero attached hydrogens (tertiary/aromatic N) is 1. The number of methoxy groups -OCH3 is 2. The van der Waals surface area contributed by atoms with Crippen molar-refractivity contribution in [3.05, 3.63) is 87.7 Å². The number of ether oxygens (including phenoxy) is 2. The first-order valence-corrected chi connectivity index (χ1v) is 10.8. The van der Waals surface area contributed by atoms with Crippen LogP contribution in [0.1, 0.15) is 44.3 Å². The van der Waals surface area contributed by atoms with Crippen LogP contribution in [-0.2, 0) is 19.4 Å². The van der Waals surface area contributed by atoms with Gasteiger partial charge in [0.15, 0.2) is 42.0 Å². The summed E-state index contributed by atoms with van der Waals surface area (Å²) in [5.74, 6) is 0.983. The van der Waals surface area contributed by atoms with E-state index in [2.05, 4.69) is 0 Å². The summed E-state index contributed by atoms with van der Waals surface area (Å²) in [4.78, 5) is 25.5. The summed E-state index contributed by atoms with van der Waals surface area (Å²) in [5, 5.41) is 0.689. The average Bonchev–Trinajstić information content (AvgIpc) is 3.09. The number of rotatable bonds is 7. The molecule has 3 aromatic rings. The molecule has 0 spiro atoms. The van der Waals surface area contributed by atoms with Gasteiger partial charge in [0.2, 0.25) is 0 Å². The molecule has 0 radical (unpaired) electrons. The maximum atomic E-state index is 13.1. The van der Waals surface area contributed by atoms with Crippen LogP contribution in [0.3, 0.4) is 0 Å². The maximum Gasteiger partial charge on any atom is 0.180 e. The number of hydrogen-bond donors (Lipinski definition) is 0. The highest BCUT2D eigenvalue weighted by Gasteiger charge is 2.33. The first kappa shape index (κ1) is 22.0. The van der Waals surface area contributed by atoms with Crippen molar-refractivity contribution in [2.45, 2.75) is 26.3 Å². The van der Waals surface area contributed by atoms with Crippen molar-refractivity contribution in [2.75, 3.05) is 14.2 Å². The Balaban J connectivity index is 1.59. The van der Waals surface area contributed by atoms with E-state index in [1.807, 2.05) is 53.4 Å². The Hall–Kier alpha value is -3.18. The lowest BCUT2D eigenvalue weighted by molar-refractivity contribution is -0.688. The number of hydrogen-bond acceptors (Lipinski definition) is 4. The van der Waals surface area contributed by atoms with Crippen LogP contribution in [0.25, 0.3) is 0 Å². The molecule has 0 amide bonds. The monoisotopic (exact) mass is 450 g/mol. The molecule has 1 aliphatic carbocycles. The van der Waals surface area contributed by atoms with Gasteiger partial charge in [-0.2, -0.15) is 4.57 Å². The van der Waals surface area contributed by atoms with Crippen molar-refractivity contribution >= 4 is 23.2 Å². The number of Topliss-reactive ketones (excluding diaryl/α,β-unsaturated/α-hetero) is 2. The van der Waals surface area contributed by atoms with Gasteiger partial charge in [-0.3, -0.25) is 9.59 Å². The van der Waals surface area contributed by atoms with Gasteiger partial charge >= 0.3 is 0 Å². The third-order valence-corrected chi connectivity index (χ3v) is 6.35. The summed E-state index contributed by atoms with van der Waals surface area (Å²) in [6.07, 6.45) is 4.89. The Morgan fingerprint density at radius 3 is 2.50 bits per heavy atom.